The summed E-state index contributed by atoms with van der Waals surface area (Å²) in [5.74, 6) is -3.32. The van der Waals surface area contributed by atoms with Crippen LogP contribution in [0.1, 0.15) is 71.2 Å². The normalized spacial score (nSPS) is 20.5. The van der Waals surface area contributed by atoms with Crippen LogP contribution in [-0.2, 0) is 65.0 Å². The first-order valence-electron chi connectivity index (χ1n) is 21.3. The molecular formula is C45H49FN8O9S. The number of benzene rings is 2. The lowest BCUT2D eigenvalue weighted by Gasteiger charge is -2.31. The van der Waals surface area contributed by atoms with Crippen LogP contribution >= 0.6 is 12.2 Å². The van der Waals surface area contributed by atoms with E-state index in [1.807, 2.05) is 6.07 Å². The maximum atomic E-state index is 15.4. The van der Waals surface area contributed by atoms with Gasteiger partial charge in [-0.3, -0.25) is 24.0 Å². The van der Waals surface area contributed by atoms with E-state index in [2.05, 4.69) is 26.6 Å². The number of carbonyl (C=O) groups excluding carboxylic acids is 5. The van der Waals surface area contributed by atoms with Gasteiger partial charge >= 0.3 is 5.97 Å². The summed E-state index contributed by atoms with van der Waals surface area (Å²) < 4.78 is 28.0. The van der Waals surface area contributed by atoms with E-state index in [9.17, 15) is 33.9 Å². The Labute approximate surface area is 372 Å². The second kappa shape index (κ2) is 18.1. The van der Waals surface area contributed by atoms with Gasteiger partial charge in [0.05, 0.1) is 66.3 Å². The number of nitrogens with two attached hydrogens (primary N) is 1. The average Bonchev–Trinajstić information content (AvgIpc) is 3.98. The number of aromatic nitrogens is 2. The van der Waals surface area contributed by atoms with Crippen LogP contribution in [0.15, 0.2) is 47.3 Å². The van der Waals surface area contributed by atoms with Crippen molar-refractivity contribution < 1.29 is 42.9 Å². The minimum atomic E-state index is -1.99. The van der Waals surface area contributed by atoms with Crippen molar-refractivity contribution >= 4 is 57.7 Å². The number of thiocarbonyl (C=S) groups is 1. The van der Waals surface area contributed by atoms with Crippen LogP contribution in [0.4, 0.5) is 4.39 Å². The van der Waals surface area contributed by atoms with Crippen molar-refractivity contribution in [2.75, 3.05) is 33.0 Å². The minimum Gasteiger partial charge on any atom is -0.458 e. The molecule has 2 aromatic heterocycles. The monoisotopic (exact) mass is 896 g/mol. The number of rotatable bonds is 16. The number of nitrogens with zero attached hydrogens (tertiary/aromatic N) is 2. The topological polar surface area (TPSA) is 245 Å². The van der Waals surface area contributed by atoms with Gasteiger partial charge in [-0.1, -0.05) is 49.5 Å². The van der Waals surface area contributed by atoms with Gasteiger partial charge in [0.15, 0.2) is 5.60 Å². The van der Waals surface area contributed by atoms with E-state index in [0.717, 1.165) is 34.1 Å². The first-order chi connectivity index (χ1) is 30.7. The number of hydrogen-bond acceptors (Lipinski definition) is 12. The van der Waals surface area contributed by atoms with E-state index < -0.39 is 41.2 Å². The second-order valence-corrected chi connectivity index (χ2v) is 17.1. The maximum absolute atomic E-state index is 15.4. The van der Waals surface area contributed by atoms with Crippen LogP contribution in [0.5, 0.6) is 0 Å². The molecule has 4 amide bonds. The third kappa shape index (κ3) is 8.59. The third-order valence-corrected chi connectivity index (χ3v) is 13.1. The van der Waals surface area contributed by atoms with Gasteiger partial charge in [-0.15, -0.1) is 0 Å². The fourth-order valence-electron chi connectivity index (χ4n) is 8.98. The van der Waals surface area contributed by atoms with Gasteiger partial charge in [0.2, 0.25) is 23.6 Å². The Morgan fingerprint density at radius 1 is 1.06 bits per heavy atom. The van der Waals surface area contributed by atoms with Crippen molar-refractivity contribution in [1.82, 2.24) is 36.1 Å². The number of cyclic esters (lactones) is 1. The molecule has 5 atom stereocenters. The van der Waals surface area contributed by atoms with E-state index >= 15 is 4.39 Å². The molecule has 0 bridgehead atoms. The van der Waals surface area contributed by atoms with E-state index in [0.29, 0.717) is 46.9 Å². The van der Waals surface area contributed by atoms with Crippen LogP contribution in [0.3, 0.4) is 0 Å². The van der Waals surface area contributed by atoms with Crippen molar-refractivity contribution in [3.8, 4) is 11.4 Å². The standard InChI is InChI=1S/C45H49FN8O9S/c1-3-45(61)29-13-34-40-27(18-54(34)43(59)28(29)20-63-44(45)60)39-31(10-9-25-22(2)30(46)14-32(52-40)38(25)39)53-42(64)26-12-24(26)19-62-21-50-36(56)16-49-41(58)33(11-23-7-5-4-6-8-23)51-37(57)17-48-35(55)15-47/h4-8,13-14,24,26,31,33,61H,3,9-12,15-21,47H2,1-2H3,(H,48,55)(H,49,58)(H,50,56)(H,51,57)(H,53,64)/t24-,26+,31+,33+,45+/m1/s1. The number of fused-ring (bicyclic) bond motifs is 5. The Kier molecular flexibility index (Phi) is 12.6. The van der Waals surface area contributed by atoms with Crippen LogP contribution in [0, 0.1) is 24.6 Å². The number of hydrogen-bond donors (Lipinski definition) is 7. The summed E-state index contributed by atoms with van der Waals surface area (Å²) in [7, 11) is 0. The molecular weight excluding hydrogens is 848 g/mol. The lowest BCUT2D eigenvalue weighted by molar-refractivity contribution is -0.172. The average molecular weight is 897 g/mol. The molecule has 17 nitrogen and oxygen atoms in total. The fraction of sp³-hybridized carbons (Fsp3) is 0.422. The number of aryl methyl sites for hydroxylation is 1. The second-order valence-electron chi connectivity index (χ2n) is 16.6. The third-order valence-electron chi connectivity index (χ3n) is 12.6. The van der Waals surface area contributed by atoms with Gasteiger partial charge in [-0.05, 0) is 66.8 Å². The first-order valence-corrected chi connectivity index (χ1v) is 21.7. The molecule has 0 spiro atoms. The van der Waals surface area contributed by atoms with Crippen molar-refractivity contribution in [1.29, 1.82) is 0 Å². The van der Waals surface area contributed by atoms with Crippen molar-refractivity contribution in [2.24, 2.45) is 17.6 Å². The molecule has 1 saturated carbocycles. The largest absolute Gasteiger partial charge is 0.458 e. The molecule has 0 radical (unpaired) electrons. The minimum absolute atomic E-state index is 0.00269. The zero-order chi connectivity index (χ0) is 45.4. The smallest absolute Gasteiger partial charge is 0.343 e. The number of carbonyl (C=O) groups is 5. The van der Waals surface area contributed by atoms with Gasteiger partial charge in [-0.2, -0.15) is 0 Å². The molecule has 2 aliphatic carbocycles. The van der Waals surface area contributed by atoms with Gasteiger partial charge in [0.25, 0.3) is 5.56 Å². The zero-order valence-electron chi connectivity index (χ0n) is 35.3. The van der Waals surface area contributed by atoms with Gasteiger partial charge in [0.1, 0.15) is 25.2 Å². The van der Waals surface area contributed by atoms with Crippen LogP contribution in [0.25, 0.3) is 22.3 Å². The molecule has 4 heterocycles. The summed E-state index contributed by atoms with van der Waals surface area (Å²) in [4.78, 5) is 82.0. The predicted octanol–water partition coefficient (Wildman–Crippen LogP) is 1.08. The van der Waals surface area contributed by atoms with Gasteiger partial charge in [0, 0.05) is 34.9 Å². The molecule has 2 aliphatic heterocycles. The number of nitrogens with one attached hydrogen (secondary N) is 5. The SMILES string of the molecule is CC[C@@]1(O)C(=O)OCc2c1cc1n(c2=O)Cc2c-1nc1cc(F)c(C)c3c1c2[C@@H](NC(=S)[C@H]1C[C@@H]1COCNC(=O)CNC(=O)[C@H](Cc1ccccc1)NC(=O)CNC(=O)CN)CC3. The molecule has 4 aliphatic rings. The van der Waals surface area contributed by atoms with Crippen molar-refractivity contribution in [3.05, 3.63) is 97.6 Å². The summed E-state index contributed by atoms with van der Waals surface area (Å²) in [6.07, 6.45) is 2.09. The molecule has 2 aromatic carbocycles. The first kappa shape index (κ1) is 44.5. The van der Waals surface area contributed by atoms with E-state index in [4.69, 9.17) is 32.4 Å². The summed E-state index contributed by atoms with van der Waals surface area (Å²) in [5.41, 5.74) is 8.53. The lowest BCUT2D eigenvalue weighted by atomic mass is 9.81. The summed E-state index contributed by atoms with van der Waals surface area (Å²) in [6, 6.07) is 10.8. The van der Waals surface area contributed by atoms with E-state index in [-0.39, 0.29) is 92.7 Å². The number of amides is 4. The van der Waals surface area contributed by atoms with Crippen LogP contribution in [-0.4, -0.2) is 88.3 Å². The van der Waals surface area contributed by atoms with Crippen LogP contribution < -0.4 is 37.9 Å². The quantitative estimate of drug-likeness (QED) is 0.0318. The summed E-state index contributed by atoms with van der Waals surface area (Å²) >= 11 is 5.96. The predicted molar refractivity (Wildman–Crippen MR) is 234 cm³/mol. The fourth-order valence-corrected chi connectivity index (χ4v) is 9.41. The molecule has 0 unspecified atom stereocenters. The molecule has 64 heavy (non-hydrogen) atoms. The highest BCUT2D eigenvalue weighted by Crippen LogP contribution is 2.47. The summed E-state index contributed by atoms with van der Waals surface area (Å²) in [6.45, 7) is 2.51. The molecule has 0 saturated heterocycles. The van der Waals surface area contributed by atoms with Crippen molar-refractivity contribution in [2.45, 2.75) is 76.8 Å². The van der Waals surface area contributed by atoms with E-state index in [1.165, 1.54) is 6.07 Å². The Morgan fingerprint density at radius 3 is 2.58 bits per heavy atom. The number of aliphatic hydroxyl groups is 1. The highest BCUT2D eigenvalue weighted by molar-refractivity contribution is 7.80. The highest BCUT2D eigenvalue weighted by atomic mass is 32.1. The van der Waals surface area contributed by atoms with Crippen molar-refractivity contribution in [3.63, 3.8) is 0 Å². The molecule has 336 valence electrons. The zero-order valence-corrected chi connectivity index (χ0v) is 36.1. The lowest BCUT2D eigenvalue weighted by Crippen LogP contribution is -2.52. The molecule has 8 N–H and O–H groups in total. The molecule has 4 aromatic rings. The number of ether oxygens (including phenoxy) is 2. The summed E-state index contributed by atoms with van der Waals surface area (Å²) in [5, 5.41) is 25.9. The number of pyridine rings is 2. The van der Waals surface area contributed by atoms with Crippen LogP contribution in [0.2, 0.25) is 0 Å². The highest BCUT2D eigenvalue weighted by Gasteiger charge is 2.46. The Hall–Kier alpha value is -6.15. The van der Waals surface area contributed by atoms with Gasteiger partial charge < -0.3 is 51.5 Å². The molecule has 8 rings (SSSR count). The van der Waals surface area contributed by atoms with Gasteiger partial charge in [-0.25, -0.2) is 14.2 Å². The molecule has 19 heteroatoms. The number of halogens is 1. The Balaban J connectivity index is 0.882. The number of esters is 1. The Morgan fingerprint density at radius 2 is 1.83 bits per heavy atom. The van der Waals surface area contributed by atoms with E-state index in [1.54, 1.807) is 48.7 Å². The Bertz CT molecular complexity index is 2660. The molecule has 1 fully saturated rings. The maximum Gasteiger partial charge on any atom is 0.343 e.